The molecule has 2 aromatic carbocycles. The van der Waals surface area contributed by atoms with E-state index in [2.05, 4.69) is 68.6 Å². The summed E-state index contributed by atoms with van der Waals surface area (Å²) >= 11 is 1.75. The molecule has 2 rings (SSSR count). The van der Waals surface area contributed by atoms with Crippen molar-refractivity contribution in [2.45, 2.75) is 31.2 Å². The van der Waals surface area contributed by atoms with Crippen molar-refractivity contribution in [3.05, 3.63) is 65.2 Å². The highest BCUT2D eigenvalue weighted by Gasteiger charge is 2.09. The summed E-state index contributed by atoms with van der Waals surface area (Å²) in [5.74, 6) is 0.689. The van der Waals surface area contributed by atoms with Crippen LogP contribution < -0.4 is 5.73 Å². The van der Waals surface area contributed by atoms with E-state index in [1.807, 2.05) is 0 Å². The second kappa shape index (κ2) is 6.96. The Labute approximate surface area is 126 Å². The molecule has 2 aromatic rings. The zero-order chi connectivity index (χ0) is 14.5. The van der Waals surface area contributed by atoms with Crippen molar-refractivity contribution in [3.8, 4) is 0 Å². The average molecular weight is 285 g/mol. The van der Waals surface area contributed by atoms with Gasteiger partial charge in [0.1, 0.15) is 0 Å². The first-order chi connectivity index (χ1) is 9.60. The van der Waals surface area contributed by atoms with Crippen molar-refractivity contribution in [3.63, 3.8) is 0 Å². The SMILES string of the molecule is CSc1ccc(C(N)c2ccc(CC(C)C)cc2)cc1. The van der Waals surface area contributed by atoms with Crippen LogP contribution in [0.1, 0.15) is 36.6 Å². The van der Waals surface area contributed by atoms with Gasteiger partial charge < -0.3 is 5.73 Å². The van der Waals surface area contributed by atoms with Crippen LogP contribution in [0.4, 0.5) is 0 Å². The molecule has 2 N–H and O–H groups in total. The Hall–Kier alpha value is -1.25. The summed E-state index contributed by atoms with van der Waals surface area (Å²) in [6.45, 7) is 4.49. The number of hydrogen-bond acceptors (Lipinski definition) is 2. The minimum atomic E-state index is -0.0426. The van der Waals surface area contributed by atoms with E-state index in [0.717, 1.165) is 6.42 Å². The van der Waals surface area contributed by atoms with Gasteiger partial charge in [-0.3, -0.25) is 0 Å². The van der Waals surface area contributed by atoms with Crippen LogP contribution in [0.5, 0.6) is 0 Å². The van der Waals surface area contributed by atoms with E-state index in [9.17, 15) is 0 Å². The molecular formula is C18H23NS. The number of thioether (sulfide) groups is 1. The van der Waals surface area contributed by atoms with Gasteiger partial charge in [-0.05, 0) is 47.4 Å². The predicted molar refractivity (Wildman–Crippen MR) is 89.2 cm³/mol. The minimum absolute atomic E-state index is 0.0426. The molecule has 0 saturated carbocycles. The third-order valence-electron chi connectivity index (χ3n) is 3.46. The summed E-state index contributed by atoms with van der Waals surface area (Å²) in [5.41, 5.74) is 10.1. The van der Waals surface area contributed by atoms with Gasteiger partial charge in [-0.1, -0.05) is 50.2 Å². The Morgan fingerprint density at radius 1 is 0.900 bits per heavy atom. The standard InChI is InChI=1S/C18H23NS/c1-13(2)12-14-4-6-15(7-5-14)18(19)16-8-10-17(20-3)11-9-16/h4-11,13,18H,12,19H2,1-3H3. The first-order valence-corrected chi connectivity index (χ1v) is 8.31. The zero-order valence-corrected chi connectivity index (χ0v) is 13.3. The Kier molecular flexibility index (Phi) is 5.27. The maximum atomic E-state index is 6.35. The van der Waals surface area contributed by atoms with Crippen molar-refractivity contribution >= 4 is 11.8 Å². The molecule has 0 saturated heterocycles. The van der Waals surface area contributed by atoms with E-state index >= 15 is 0 Å². The monoisotopic (exact) mass is 285 g/mol. The Balaban J connectivity index is 2.13. The fraction of sp³-hybridized carbons (Fsp3) is 0.333. The van der Waals surface area contributed by atoms with Crippen LogP contribution >= 0.6 is 11.8 Å². The zero-order valence-electron chi connectivity index (χ0n) is 12.5. The van der Waals surface area contributed by atoms with E-state index in [0.29, 0.717) is 5.92 Å². The summed E-state index contributed by atoms with van der Waals surface area (Å²) < 4.78 is 0. The van der Waals surface area contributed by atoms with E-state index in [-0.39, 0.29) is 6.04 Å². The van der Waals surface area contributed by atoms with Gasteiger partial charge in [0.25, 0.3) is 0 Å². The van der Waals surface area contributed by atoms with E-state index in [1.54, 1.807) is 11.8 Å². The van der Waals surface area contributed by atoms with Crippen LogP contribution in [0.3, 0.4) is 0 Å². The highest BCUT2D eigenvalue weighted by Crippen LogP contribution is 2.23. The molecule has 0 aliphatic heterocycles. The molecule has 20 heavy (non-hydrogen) atoms. The molecule has 0 spiro atoms. The van der Waals surface area contributed by atoms with Gasteiger partial charge in [0.15, 0.2) is 0 Å². The molecule has 1 nitrogen and oxygen atoms in total. The highest BCUT2D eigenvalue weighted by atomic mass is 32.2. The van der Waals surface area contributed by atoms with Crippen LogP contribution in [0.25, 0.3) is 0 Å². The van der Waals surface area contributed by atoms with E-state index in [1.165, 1.54) is 21.6 Å². The van der Waals surface area contributed by atoms with Gasteiger partial charge in [0.2, 0.25) is 0 Å². The molecule has 106 valence electrons. The molecule has 1 atom stereocenters. The topological polar surface area (TPSA) is 26.0 Å². The number of rotatable bonds is 5. The lowest BCUT2D eigenvalue weighted by molar-refractivity contribution is 0.647. The maximum absolute atomic E-state index is 6.35. The quantitative estimate of drug-likeness (QED) is 0.809. The lowest BCUT2D eigenvalue weighted by Crippen LogP contribution is -2.11. The summed E-state index contributed by atoms with van der Waals surface area (Å²) in [6.07, 6.45) is 3.21. The predicted octanol–water partition coefficient (Wildman–Crippen LogP) is 4.66. The van der Waals surface area contributed by atoms with Crippen molar-refractivity contribution in [2.75, 3.05) is 6.26 Å². The molecule has 2 heteroatoms. The highest BCUT2D eigenvalue weighted by molar-refractivity contribution is 7.98. The lowest BCUT2D eigenvalue weighted by Gasteiger charge is -2.14. The maximum Gasteiger partial charge on any atom is 0.0551 e. The first-order valence-electron chi connectivity index (χ1n) is 7.08. The number of nitrogens with two attached hydrogens (primary N) is 1. The molecule has 0 radical (unpaired) electrons. The second-order valence-corrected chi connectivity index (χ2v) is 6.47. The Bertz CT molecular complexity index is 528. The van der Waals surface area contributed by atoms with Gasteiger partial charge in [-0.2, -0.15) is 0 Å². The van der Waals surface area contributed by atoms with E-state index in [4.69, 9.17) is 5.73 Å². The molecule has 0 amide bonds. The molecule has 0 fully saturated rings. The normalized spacial score (nSPS) is 12.7. The molecule has 1 unspecified atom stereocenters. The fourth-order valence-corrected chi connectivity index (χ4v) is 2.74. The van der Waals surface area contributed by atoms with Gasteiger partial charge in [-0.25, -0.2) is 0 Å². The van der Waals surface area contributed by atoms with Gasteiger partial charge in [0, 0.05) is 4.90 Å². The first kappa shape index (κ1) is 15.1. The second-order valence-electron chi connectivity index (χ2n) is 5.59. The molecule has 0 aliphatic carbocycles. The third kappa shape index (κ3) is 3.87. The van der Waals surface area contributed by atoms with Crippen LogP contribution in [-0.2, 0) is 6.42 Å². The Morgan fingerprint density at radius 3 is 1.85 bits per heavy atom. The largest absolute Gasteiger partial charge is 0.320 e. The number of hydrogen-bond donors (Lipinski definition) is 1. The fourth-order valence-electron chi connectivity index (χ4n) is 2.34. The smallest absolute Gasteiger partial charge is 0.0551 e. The van der Waals surface area contributed by atoms with E-state index < -0.39 is 0 Å². The van der Waals surface area contributed by atoms with Gasteiger partial charge >= 0.3 is 0 Å². The summed E-state index contributed by atoms with van der Waals surface area (Å²) in [7, 11) is 0. The summed E-state index contributed by atoms with van der Waals surface area (Å²) in [6, 6.07) is 17.2. The van der Waals surface area contributed by atoms with Crippen LogP contribution in [-0.4, -0.2) is 6.26 Å². The summed E-state index contributed by atoms with van der Waals surface area (Å²) in [5, 5.41) is 0. The molecule has 0 aromatic heterocycles. The van der Waals surface area contributed by atoms with Crippen molar-refractivity contribution in [1.29, 1.82) is 0 Å². The van der Waals surface area contributed by atoms with Crippen LogP contribution in [0.15, 0.2) is 53.4 Å². The average Bonchev–Trinajstić information content (AvgIpc) is 2.47. The summed E-state index contributed by atoms with van der Waals surface area (Å²) in [4.78, 5) is 1.27. The van der Waals surface area contributed by atoms with Crippen molar-refractivity contribution < 1.29 is 0 Å². The lowest BCUT2D eigenvalue weighted by atomic mass is 9.96. The van der Waals surface area contributed by atoms with Gasteiger partial charge in [0.05, 0.1) is 6.04 Å². The van der Waals surface area contributed by atoms with Crippen molar-refractivity contribution in [1.82, 2.24) is 0 Å². The van der Waals surface area contributed by atoms with Gasteiger partial charge in [-0.15, -0.1) is 11.8 Å². The Morgan fingerprint density at radius 2 is 1.40 bits per heavy atom. The minimum Gasteiger partial charge on any atom is -0.320 e. The molecule has 0 aliphatic rings. The van der Waals surface area contributed by atoms with Crippen molar-refractivity contribution in [2.24, 2.45) is 11.7 Å². The van der Waals surface area contributed by atoms with Crippen LogP contribution in [0, 0.1) is 5.92 Å². The van der Waals surface area contributed by atoms with Crippen LogP contribution in [0.2, 0.25) is 0 Å². The number of benzene rings is 2. The molecule has 0 heterocycles. The third-order valence-corrected chi connectivity index (χ3v) is 4.20. The molecule has 0 bridgehead atoms. The molecular weight excluding hydrogens is 262 g/mol.